The van der Waals surface area contributed by atoms with E-state index in [1.165, 1.54) is 11.3 Å². The highest BCUT2D eigenvalue weighted by Crippen LogP contribution is 2.28. The maximum atomic E-state index is 12.3. The van der Waals surface area contributed by atoms with E-state index in [9.17, 15) is 9.59 Å². The zero-order chi connectivity index (χ0) is 17.3. The Morgan fingerprint density at radius 2 is 1.75 bits per heavy atom. The van der Waals surface area contributed by atoms with Crippen LogP contribution in [0.2, 0.25) is 0 Å². The van der Waals surface area contributed by atoms with Gasteiger partial charge in [-0.05, 0) is 53.9 Å². The van der Waals surface area contributed by atoms with Gasteiger partial charge in [0.25, 0.3) is 5.91 Å². The lowest BCUT2D eigenvalue weighted by Gasteiger charge is -2.12. The van der Waals surface area contributed by atoms with Crippen molar-refractivity contribution in [3.63, 3.8) is 0 Å². The van der Waals surface area contributed by atoms with E-state index in [1.807, 2.05) is 37.2 Å². The average molecular weight is 340 g/mol. The van der Waals surface area contributed by atoms with Gasteiger partial charge < -0.3 is 15.3 Å². The molecule has 1 amide bonds. The molecule has 2 aromatic carbocycles. The second-order valence-electron chi connectivity index (χ2n) is 5.56. The van der Waals surface area contributed by atoms with Crippen LogP contribution < -0.4 is 10.2 Å². The fraction of sp³-hybridized carbons (Fsp3) is 0.111. The van der Waals surface area contributed by atoms with Gasteiger partial charge >= 0.3 is 5.97 Å². The SMILES string of the molecule is CN(C)c1ccc(C(=O)Nc2ccc3sc(C(=O)O)cc3c2)cc1. The highest BCUT2D eigenvalue weighted by atomic mass is 32.1. The summed E-state index contributed by atoms with van der Waals surface area (Å²) < 4.78 is 0.876. The van der Waals surface area contributed by atoms with E-state index in [0.717, 1.165) is 15.8 Å². The molecule has 3 rings (SSSR count). The summed E-state index contributed by atoms with van der Waals surface area (Å²) >= 11 is 1.22. The minimum atomic E-state index is -0.942. The van der Waals surface area contributed by atoms with Crippen LogP contribution in [0.3, 0.4) is 0 Å². The third-order valence-electron chi connectivity index (χ3n) is 3.63. The number of hydrogen-bond donors (Lipinski definition) is 2. The fourth-order valence-corrected chi connectivity index (χ4v) is 3.22. The number of amides is 1. The number of nitrogens with zero attached hydrogens (tertiary/aromatic N) is 1. The summed E-state index contributed by atoms with van der Waals surface area (Å²) in [5, 5.41) is 12.7. The highest BCUT2D eigenvalue weighted by molar-refractivity contribution is 7.20. The molecule has 0 aliphatic rings. The quantitative estimate of drug-likeness (QED) is 0.755. The first-order valence-corrected chi connectivity index (χ1v) is 8.11. The van der Waals surface area contributed by atoms with Crippen LogP contribution in [0, 0.1) is 0 Å². The molecule has 1 heterocycles. The van der Waals surface area contributed by atoms with Crippen molar-refractivity contribution in [2.75, 3.05) is 24.3 Å². The number of fused-ring (bicyclic) bond motifs is 1. The number of hydrogen-bond acceptors (Lipinski definition) is 4. The van der Waals surface area contributed by atoms with Crippen molar-refractivity contribution in [2.45, 2.75) is 0 Å². The Hall–Kier alpha value is -2.86. The number of rotatable bonds is 4. The molecule has 0 fully saturated rings. The lowest BCUT2D eigenvalue weighted by Crippen LogP contribution is -2.13. The molecule has 0 aliphatic carbocycles. The highest BCUT2D eigenvalue weighted by Gasteiger charge is 2.10. The van der Waals surface area contributed by atoms with E-state index >= 15 is 0 Å². The van der Waals surface area contributed by atoms with Crippen molar-refractivity contribution >= 4 is 44.7 Å². The summed E-state index contributed by atoms with van der Waals surface area (Å²) in [5.41, 5.74) is 2.23. The van der Waals surface area contributed by atoms with Crippen LogP contribution in [0.25, 0.3) is 10.1 Å². The maximum Gasteiger partial charge on any atom is 0.345 e. The van der Waals surface area contributed by atoms with Crippen LogP contribution >= 0.6 is 11.3 Å². The van der Waals surface area contributed by atoms with E-state index < -0.39 is 5.97 Å². The Kier molecular flexibility index (Phi) is 4.22. The molecule has 122 valence electrons. The number of aromatic carboxylic acids is 1. The van der Waals surface area contributed by atoms with Gasteiger partial charge in [-0.15, -0.1) is 11.3 Å². The van der Waals surface area contributed by atoms with E-state index in [-0.39, 0.29) is 10.8 Å². The molecule has 0 bridgehead atoms. The molecule has 6 heteroatoms. The number of nitrogens with one attached hydrogen (secondary N) is 1. The lowest BCUT2D eigenvalue weighted by atomic mass is 10.1. The van der Waals surface area contributed by atoms with Crippen molar-refractivity contribution < 1.29 is 14.7 Å². The van der Waals surface area contributed by atoms with Crippen LogP contribution in [-0.4, -0.2) is 31.1 Å². The molecule has 0 unspecified atom stereocenters. The molecular weight excluding hydrogens is 324 g/mol. The van der Waals surface area contributed by atoms with E-state index in [1.54, 1.807) is 30.3 Å². The summed E-state index contributed by atoms with van der Waals surface area (Å²) in [4.78, 5) is 25.6. The zero-order valence-electron chi connectivity index (χ0n) is 13.2. The van der Waals surface area contributed by atoms with Gasteiger partial charge in [-0.1, -0.05) is 0 Å². The normalized spacial score (nSPS) is 10.6. The summed E-state index contributed by atoms with van der Waals surface area (Å²) in [7, 11) is 3.88. The van der Waals surface area contributed by atoms with Gasteiger partial charge in [-0.3, -0.25) is 4.79 Å². The largest absolute Gasteiger partial charge is 0.477 e. The van der Waals surface area contributed by atoms with Gasteiger partial charge in [0, 0.05) is 35.7 Å². The third kappa shape index (κ3) is 3.23. The number of benzene rings is 2. The smallest absolute Gasteiger partial charge is 0.345 e. The molecule has 0 radical (unpaired) electrons. The van der Waals surface area contributed by atoms with Crippen LogP contribution in [-0.2, 0) is 0 Å². The number of anilines is 2. The number of carboxylic acid groups (broad SMARTS) is 1. The van der Waals surface area contributed by atoms with Crippen molar-refractivity contribution in [2.24, 2.45) is 0 Å². The zero-order valence-corrected chi connectivity index (χ0v) is 14.1. The topological polar surface area (TPSA) is 69.6 Å². The first-order valence-electron chi connectivity index (χ1n) is 7.29. The van der Waals surface area contributed by atoms with Gasteiger partial charge in [-0.25, -0.2) is 4.79 Å². The summed E-state index contributed by atoms with van der Waals surface area (Å²) in [6.45, 7) is 0. The van der Waals surface area contributed by atoms with Crippen molar-refractivity contribution in [3.05, 3.63) is 59.0 Å². The summed E-state index contributed by atoms with van der Waals surface area (Å²) in [6.07, 6.45) is 0. The predicted molar refractivity (Wildman–Crippen MR) is 97.5 cm³/mol. The molecule has 24 heavy (non-hydrogen) atoms. The molecule has 5 nitrogen and oxygen atoms in total. The van der Waals surface area contributed by atoms with Crippen LogP contribution in [0.1, 0.15) is 20.0 Å². The molecular formula is C18H16N2O3S. The Labute approximate surface area is 143 Å². The Bertz CT molecular complexity index is 914. The molecule has 0 aliphatic heterocycles. The molecule has 0 spiro atoms. The van der Waals surface area contributed by atoms with Crippen LogP contribution in [0.5, 0.6) is 0 Å². The van der Waals surface area contributed by atoms with Crippen molar-refractivity contribution in [1.29, 1.82) is 0 Å². The molecule has 0 saturated heterocycles. The van der Waals surface area contributed by atoms with Crippen LogP contribution in [0.4, 0.5) is 11.4 Å². The van der Waals surface area contributed by atoms with Gasteiger partial charge in [0.15, 0.2) is 0 Å². The number of carbonyl (C=O) groups excluding carboxylic acids is 1. The first-order chi connectivity index (χ1) is 11.4. The Balaban J connectivity index is 1.80. The second-order valence-corrected chi connectivity index (χ2v) is 6.65. The number of thiophene rings is 1. The monoisotopic (exact) mass is 340 g/mol. The standard InChI is InChI=1S/C18H16N2O3S/c1-20(2)14-6-3-11(4-7-14)17(21)19-13-5-8-15-12(9-13)10-16(24-15)18(22)23/h3-10H,1-2H3,(H,19,21)(H,22,23). The molecule has 2 N–H and O–H groups in total. The Morgan fingerprint density at radius 1 is 1.04 bits per heavy atom. The Morgan fingerprint density at radius 3 is 2.38 bits per heavy atom. The molecule has 3 aromatic rings. The number of carboxylic acids is 1. The van der Waals surface area contributed by atoms with Crippen molar-refractivity contribution in [1.82, 2.24) is 0 Å². The van der Waals surface area contributed by atoms with Crippen LogP contribution in [0.15, 0.2) is 48.5 Å². The third-order valence-corrected chi connectivity index (χ3v) is 4.73. The van der Waals surface area contributed by atoms with Crippen molar-refractivity contribution in [3.8, 4) is 0 Å². The number of carbonyl (C=O) groups is 2. The molecule has 0 atom stereocenters. The minimum absolute atomic E-state index is 0.201. The fourth-order valence-electron chi connectivity index (χ4n) is 2.34. The molecule has 0 saturated carbocycles. The van der Waals surface area contributed by atoms with Gasteiger partial charge in [0.05, 0.1) is 0 Å². The summed E-state index contributed by atoms with van der Waals surface area (Å²) in [6, 6.07) is 14.3. The van der Waals surface area contributed by atoms with Gasteiger partial charge in [0.2, 0.25) is 0 Å². The minimum Gasteiger partial charge on any atom is -0.477 e. The first kappa shape index (κ1) is 16.0. The van der Waals surface area contributed by atoms with Gasteiger partial charge in [0.1, 0.15) is 4.88 Å². The van der Waals surface area contributed by atoms with E-state index in [0.29, 0.717) is 11.3 Å². The van der Waals surface area contributed by atoms with E-state index in [4.69, 9.17) is 5.11 Å². The second kappa shape index (κ2) is 6.33. The van der Waals surface area contributed by atoms with E-state index in [2.05, 4.69) is 5.32 Å². The summed E-state index contributed by atoms with van der Waals surface area (Å²) in [5.74, 6) is -1.14. The predicted octanol–water partition coefficient (Wildman–Crippen LogP) is 3.92. The lowest BCUT2D eigenvalue weighted by molar-refractivity contribution is 0.0702. The molecule has 1 aromatic heterocycles. The van der Waals surface area contributed by atoms with Gasteiger partial charge in [-0.2, -0.15) is 0 Å². The average Bonchev–Trinajstić information content (AvgIpc) is 2.98. The maximum absolute atomic E-state index is 12.3.